The van der Waals surface area contributed by atoms with Gasteiger partial charge in [0.25, 0.3) is 0 Å². The Balaban J connectivity index is 1.80. The molecule has 1 aliphatic carbocycles. The van der Waals surface area contributed by atoms with Gasteiger partial charge in [-0.25, -0.2) is 8.42 Å². The van der Waals surface area contributed by atoms with Crippen LogP contribution < -0.4 is 0 Å². The minimum absolute atomic E-state index is 0.144. The van der Waals surface area contributed by atoms with Gasteiger partial charge in [-0.15, -0.1) is 0 Å². The first kappa shape index (κ1) is 15.0. The van der Waals surface area contributed by atoms with E-state index in [2.05, 4.69) is 0 Å². The number of benzene rings is 2. The van der Waals surface area contributed by atoms with E-state index in [-0.39, 0.29) is 6.04 Å². The Morgan fingerprint density at radius 3 is 2.14 bits per heavy atom. The molecule has 0 spiro atoms. The SMILES string of the molecule is O=S(=O)(/C=C/c1ccccc1)N(Cc1ccccc1)C1CC1. The van der Waals surface area contributed by atoms with Crippen molar-refractivity contribution in [1.82, 2.24) is 4.31 Å². The van der Waals surface area contributed by atoms with Crippen molar-refractivity contribution in [1.29, 1.82) is 0 Å². The highest BCUT2D eigenvalue weighted by Gasteiger charge is 2.35. The second-order valence-corrected chi connectivity index (χ2v) is 7.29. The molecule has 0 radical (unpaired) electrons. The normalized spacial score (nSPS) is 15.5. The topological polar surface area (TPSA) is 37.4 Å². The number of sulfonamides is 1. The zero-order valence-corrected chi connectivity index (χ0v) is 13.1. The van der Waals surface area contributed by atoms with Crippen LogP contribution in [0, 0.1) is 0 Å². The first-order valence-corrected chi connectivity index (χ1v) is 8.94. The van der Waals surface area contributed by atoms with E-state index in [1.165, 1.54) is 5.41 Å². The molecule has 0 atom stereocenters. The Morgan fingerprint density at radius 2 is 1.55 bits per heavy atom. The fourth-order valence-corrected chi connectivity index (χ4v) is 3.80. The van der Waals surface area contributed by atoms with Crippen LogP contribution in [0.4, 0.5) is 0 Å². The molecule has 2 aromatic carbocycles. The van der Waals surface area contributed by atoms with E-state index < -0.39 is 10.0 Å². The zero-order chi connectivity index (χ0) is 15.4. The van der Waals surface area contributed by atoms with Crippen LogP contribution in [0.5, 0.6) is 0 Å². The van der Waals surface area contributed by atoms with Crippen LogP contribution in [-0.2, 0) is 16.6 Å². The lowest BCUT2D eigenvalue weighted by molar-refractivity contribution is 0.405. The van der Waals surface area contributed by atoms with Crippen LogP contribution in [-0.4, -0.2) is 18.8 Å². The summed E-state index contributed by atoms with van der Waals surface area (Å²) in [7, 11) is -3.40. The molecule has 1 aliphatic rings. The molecule has 22 heavy (non-hydrogen) atoms. The molecule has 3 rings (SSSR count). The predicted molar refractivity (Wildman–Crippen MR) is 89.4 cm³/mol. The Hall–Kier alpha value is -1.91. The van der Waals surface area contributed by atoms with E-state index in [9.17, 15) is 8.42 Å². The molecule has 2 aromatic rings. The maximum atomic E-state index is 12.6. The summed E-state index contributed by atoms with van der Waals surface area (Å²) in [6.07, 6.45) is 3.56. The number of hydrogen-bond donors (Lipinski definition) is 0. The lowest BCUT2D eigenvalue weighted by atomic mass is 10.2. The van der Waals surface area contributed by atoms with Gasteiger partial charge in [-0.05, 0) is 30.0 Å². The smallest absolute Gasteiger partial charge is 0.207 e. The van der Waals surface area contributed by atoms with Gasteiger partial charge in [-0.2, -0.15) is 4.31 Å². The van der Waals surface area contributed by atoms with Gasteiger partial charge >= 0.3 is 0 Å². The molecule has 0 amide bonds. The highest BCUT2D eigenvalue weighted by Crippen LogP contribution is 2.31. The van der Waals surface area contributed by atoms with Gasteiger partial charge in [-0.1, -0.05) is 60.7 Å². The van der Waals surface area contributed by atoms with Crippen molar-refractivity contribution in [3.05, 3.63) is 77.2 Å². The third kappa shape index (κ3) is 3.84. The predicted octanol–water partition coefficient (Wildman–Crippen LogP) is 3.65. The third-order valence-corrected chi connectivity index (χ3v) is 5.26. The van der Waals surface area contributed by atoms with Crippen LogP contribution in [0.3, 0.4) is 0 Å². The van der Waals surface area contributed by atoms with Gasteiger partial charge in [0.1, 0.15) is 0 Å². The van der Waals surface area contributed by atoms with Crippen molar-refractivity contribution in [3.63, 3.8) is 0 Å². The summed E-state index contributed by atoms with van der Waals surface area (Å²) < 4.78 is 26.9. The van der Waals surface area contributed by atoms with E-state index in [1.54, 1.807) is 10.4 Å². The first-order valence-electron chi connectivity index (χ1n) is 7.44. The second kappa shape index (κ2) is 6.46. The summed E-state index contributed by atoms with van der Waals surface area (Å²) in [5, 5.41) is 1.32. The van der Waals surface area contributed by atoms with Crippen LogP contribution in [0.1, 0.15) is 24.0 Å². The number of nitrogens with zero attached hydrogens (tertiary/aromatic N) is 1. The molecule has 4 heteroatoms. The first-order chi connectivity index (χ1) is 10.6. The van der Waals surface area contributed by atoms with Gasteiger partial charge in [0.15, 0.2) is 0 Å². The van der Waals surface area contributed by atoms with Crippen molar-refractivity contribution >= 4 is 16.1 Å². The molecule has 0 heterocycles. The minimum atomic E-state index is -3.40. The maximum absolute atomic E-state index is 12.6. The quantitative estimate of drug-likeness (QED) is 0.816. The van der Waals surface area contributed by atoms with Crippen molar-refractivity contribution in [2.24, 2.45) is 0 Å². The Morgan fingerprint density at radius 1 is 0.955 bits per heavy atom. The molecular weight excluding hydrogens is 294 g/mol. The molecule has 1 fully saturated rings. The molecule has 1 saturated carbocycles. The highest BCUT2D eigenvalue weighted by atomic mass is 32.2. The maximum Gasteiger partial charge on any atom is 0.236 e. The average Bonchev–Trinajstić information content (AvgIpc) is 3.37. The fraction of sp³-hybridized carbons (Fsp3) is 0.222. The zero-order valence-electron chi connectivity index (χ0n) is 12.3. The van der Waals surface area contributed by atoms with Crippen LogP contribution in [0.25, 0.3) is 6.08 Å². The number of rotatable bonds is 6. The summed E-state index contributed by atoms with van der Waals surface area (Å²) in [4.78, 5) is 0. The monoisotopic (exact) mass is 313 g/mol. The molecule has 0 bridgehead atoms. The van der Waals surface area contributed by atoms with Crippen molar-refractivity contribution in [2.45, 2.75) is 25.4 Å². The van der Waals surface area contributed by atoms with E-state index >= 15 is 0 Å². The number of hydrogen-bond acceptors (Lipinski definition) is 2. The Labute approximate surface area is 132 Å². The van der Waals surface area contributed by atoms with E-state index in [0.717, 1.165) is 24.0 Å². The highest BCUT2D eigenvalue weighted by molar-refractivity contribution is 7.92. The van der Waals surface area contributed by atoms with Crippen molar-refractivity contribution in [2.75, 3.05) is 0 Å². The molecule has 3 nitrogen and oxygen atoms in total. The molecule has 0 aromatic heterocycles. The van der Waals surface area contributed by atoms with Gasteiger partial charge in [0.05, 0.1) is 0 Å². The molecule has 0 saturated heterocycles. The summed E-state index contributed by atoms with van der Waals surface area (Å²) in [6.45, 7) is 0.437. The average molecular weight is 313 g/mol. The summed E-state index contributed by atoms with van der Waals surface area (Å²) >= 11 is 0. The second-order valence-electron chi connectivity index (χ2n) is 5.52. The third-order valence-electron chi connectivity index (χ3n) is 3.69. The Bertz CT molecular complexity index is 735. The molecular formula is C18H19NO2S. The van der Waals surface area contributed by atoms with Crippen molar-refractivity contribution < 1.29 is 8.42 Å². The standard InChI is InChI=1S/C18H19NO2S/c20-22(21,14-13-16-7-3-1-4-8-16)19(18-11-12-18)15-17-9-5-2-6-10-17/h1-10,13-14,18H,11-12,15H2/b14-13+. The van der Waals surface area contributed by atoms with Gasteiger partial charge in [-0.3, -0.25) is 0 Å². The van der Waals surface area contributed by atoms with Crippen LogP contribution in [0.15, 0.2) is 66.1 Å². The largest absolute Gasteiger partial charge is 0.236 e. The van der Waals surface area contributed by atoms with Crippen LogP contribution >= 0.6 is 0 Å². The summed E-state index contributed by atoms with van der Waals surface area (Å²) in [6, 6.07) is 19.4. The lowest BCUT2D eigenvalue weighted by Crippen LogP contribution is -2.31. The van der Waals surface area contributed by atoms with Gasteiger partial charge in [0.2, 0.25) is 10.0 Å². The molecule has 0 aliphatic heterocycles. The van der Waals surface area contributed by atoms with Crippen molar-refractivity contribution in [3.8, 4) is 0 Å². The minimum Gasteiger partial charge on any atom is -0.207 e. The summed E-state index contributed by atoms with van der Waals surface area (Å²) in [5.74, 6) is 0. The van der Waals surface area contributed by atoms with Crippen LogP contribution in [0.2, 0.25) is 0 Å². The molecule has 114 valence electrons. The Kier molecular flexibility index (Phi) is 4.41. The van der Waals surface area contributed by atoms with E-state index in [0.29, 0.717) is 6.54 Å². The van der Waals surface area contributed by atoms with E-state index in [1.807, 2.05) is 60.7 Å². The molecule has 0 unspecified atom stereocenters. The van der Waals surface area contributed by atoms with E-state index in [4.69, 9.17) is 0 Å². The van der Waals surface area contributed by atoms with Gasteiger partial charge < -0.3 is 0 Å². The fourth-order valence-electron chi connectivity index (χ4n) is 2.36. The van der Waals surface area contributed by atoms with Gasteiger partial charge in [0, 0.05) is 18.0 Å². The summed E-state index contributed by atoms with van der Waals surface area (Å²) in [5.41, 5.74) is 1.91. The lowest BCUT2D eigenvalue weighted by Gasteiger charge is -2.19. The molecule has 0 N–H and O–H groups in total.